The molecule has 3 atom stereocenters. The molecule has 27 heavy (non-hydrogen) atoms. The van der Waals surface area contributed by atoms with Crippen LogP contribution >= 0.6 is 11.3 Å². The molecule has 144 valence electrons. The Morgan fingerprint density at radius 3 is 2.81 bits per heavy atom. The molecule has 0 radical (unpaired) electrons. The Morgan fingerprint density at radius 2 is 2.04 bits per heavy atom. The third kappa shape index (κ3) is 3.10. The predicted octanol–water partition coefficient (Wildman–Crippen LogP) is 4.73. The molecule has 2 saturated heterocycles. The number of benzene rings is 1. The van der Waals surface area contributed by atoms with Gasteiger partial charge in [0, 0.05) is 48.8 Å². The van der Waals surface area contributed by atoms with E-state index in [4.69, 9.17) is 9.47 Å². The Balaban J connectivity index is 1.37. The van der Waals surface area contributed by atoms with E-state index in [0.29, 0.717) is 12.0 Å². The Labute approximate surface area is 165 Å². The number of aryl methyl sites for hydroxylation is 1. The summed E-state index contributed by atoms with van der Waals surface area (Å²) in [6.07, 6.45) is 5.03. The first-order valence-electron chi connectivity index (χ1n) is 10.2. The van der Waals surface area contributed by atoms with E-state index in [9.17, 15) is 0 Å². The minimum atomic E-state index is -0.0710. The molecule has 0 bridgehead atoms. The molecule has 5 heteroatoms. The topological polar surface area (TPSA) is 34.6 Å². The van der Waals surface area contributed by atoms with Crippen LogP contribution < -0.4 is 4.74 Å². The van der Waals surface area contributed by atoms with Crippen molar-refractivity contribution < 1.29 is 9.47 Å². The monoisotopic (exact) mass is 384 g/mol. The van der Waals surface area contributed by atoms with Crippen molar-refractivity contribution in [3.8, 4) is 5.75 Å². The van der Waals surface area contributed by atoms with Gasteiger partial charge in [0.05, 0.1) is 23.4 Å². The largest absolute Gasteiger partial charge is 0.486 e. The average Bonchev–Trinajstić information content (AvgIpc) is 3.08. The molecule has 0 unspecified atom stereocenters. The van der Waals surface area contributed by atoms with Crippen LogP contribution in [0.5, 0.6) is 5.75 Å². The summed E-state index contributed by atoms with van der Waals surface area (Å²) in [6.45, 7) is 7.51. The van der Waals surface area contributed by atoms with Gasteiger partial charge < -0.3 is 9.47 Å². The highest BCUT2D eigenvalue weighted by Crippen LogP contribution is 2.53. The van der Waals surface area contributed by atoms with Crippen molar-refractivity contribution in [3.63, 3.8) is 0 Å². The molecule has 5 rings (SSSR count). The lowest BCUT2D eigenvalue weighted by Gasteiger charge is -2.54. The van der Waals surface area contributed by atoms with Crippen LogP contribution in [0.15, 0.2) is 29.8 Å². The van der Waals surface area contributed by atoms with E-state index in [-0.39, 0.29) is 11.7 Å². The van der Waals surface area contributed by atoms with Crippen LogP contribution in [-0.4, -0.2) is 34.7 Å². The number of piperidine rings is 1. The van der Waals surface area contributed by atoms with E-state index in [1.807, 2.05) is 5.51 Å². The summed E-state index contributed by atoms with van der Waals surface area (Å²) in [4.78, 5) is 8.37. The highest BCUT2D eigenvalue weighted by atomic mass is 32.1. The zero-order valence-corrected chi connectivity index (χ0v) is 17.0. The van der Waals surface area contributed by atoms with Crippen molar-refractivity contribution in [1.29, 1.82) is 0 Å². The van der Waals surface area contributed by atoms with Crippen molar-refractivity contribution in [1.82, 2.24) is 9.88 Å². The molecular weight excluding hydrogens is 356 g/mol. The number of nitrogens with zero attached hydrogens (tertiary/aromatic N) is 2. The van der Waals surface area contributed by atoms with Crippen molar-refractivity contribution in [2.45, 2.75) is 63.9 Å². The molecule has 4 nitrogen and oxygen atoms in total. The van der Waals surface area contributed by atoms with Crippen LogP contribution in [0.1, 0.15) is 54.8 Å². The molecule has 2 fully saturated rings. The Hall–Kier alpha value is -1.43. The molecule has 2 aromatic rings. The highest BCUT2D eigenvalue weighted by molar-refractivity contribution is 7.09. The first-order valence-corrected chi connectivity index (χ1v) is 11.1. The lowest BCUT2D eigenvalue weighted by molar-refractivity contribution is -0.170. The molecule has 0 aliphatic carbocycles. The van der Waals surface area contributed by atoms with E-state index in [0.717, 1.165) is 44.6 Å². The molecule has 0 amide bonds. The number of aromatic nitrogens is 1. The fraction of sp³-hybridized carbons (Fsp3) is 0.591. The SMILES string of the molecule is Cc1ncsc1CN1CCC2(CC1)Oc1ccccc1[C@@H]1O[C@@H](C)CC[C@H]12. The quantitative estimate of drug-likeness (QED) is 0.749. The summed E-state index contributed by atoms with van der Waals surface area (Å²) < 4.78 is 13.2. The number of hydrogen-bond acceptors (Lipinski definition) is 5. The summed E-state index contributed by atoms with van der Waals surface area (Å²) >= 11 is 1.78. The van der Waals surface area contributed by atoms with Gasteiger partial charge in [0.15, 0.2) is 0 Å². The fourth-order valence-electron chi connectivity index (χ4n) is 5.15. The van der Waals surface area contributed by atoms with Gasteiger partial charge in [-0.05, 0) is 32.8 Å². The van der Waals surface area contributed by atoms with Gasteiger partial charge in [-0.3, -0.25) is 4.90 Å². The number of fused-ring (bicyclic) bond motifs is 4. The zero-order chi connectivity index (χ0) is 18.4. The Kier molecular flexibility index (Phi) is 4.49. The van der Waals surface area contributed by atoms with Crippen LogP contribution in [0.25, 0.3) is 0 Å². The predicted molar refractivity (Wildman–Crippen MR) is 107 cm³/mol. The molecular formula is C22H28N2O2S. The number of thiazole rings is 1. The number of para-hydroxylation sites is 1. The first-order chi connectivity index (χ1) is 13.1. The number of rotatable bonds is 2. The van der Waals surface area contributed by atoms with Gasteiger partial charge in [-0.2, -0.15) is 0 Å². The van der Waals surface area contributed by atoms with Crippen LogP contribution in [0.4, 0.5) is 0 Å². The molecule has 1 aromatic carbocycles. The van der Waals surface area contributed by atoms with E-state index >= 15 is 0 Å². The van der Waals surface area contributed by atoms with Gasteiger partial charge in [0.2, 0.25) is 0 Å². The van der Waals surface area contributed by atoms with Gasteiger partial charge in [-0.1, -0.05) is 18.2 Å². The van der Waals surface area contributed by atoms with Crippen molar-refractivity contribution in [2.75, 3.05) is 13.1 Å². The summed E-state index contributed by atoms with van der Waals surface area (Å²) in [6, 6.07) is 8.52. The zero-order valence-electron chi connectivity index (χ0n) is 16.2. The molecule has 1 aromatic heterocycles. The third-order valence-electron chi connectivity index (χ3n) is 6.76. The van der Waals surface area contributed by atoms with E-state index in [1.54, 1.807) is 11.3 Å². The molecule has 4 heterocycles. The van der Waals surface area contributed by atoms with Gasteiger partial charge >= 0.3 is 0 Å². The second-order valence-electron chi connectivity index (χ2n) is 8.39. The van der Waals surface area contributed by atoms with Crippen molar-refractivity contribution >= 4 is 11.3 Å². The van der Waals surface area contributed by atoms with E-state index in [2.05, 4.69) is 48.0 Å². The summed E-state index contributed by atoms with van der Waals surface area (Å²) in [5.41, 5.74) is 4.32. The normalized spacial score (nSPS) is 29.8. The second kappa shape index (κ2) is 6.87. The lowest BCUT2D eigenvalue weighted by Crippen LogP contribution is -2.57. The van der Waals surface area contributed by atoms with Crippen molar-refractivity contribution in [3.05, 3.63) is 45.9 Å². The van der Waals surface area contributed by atoms with Crippen molar-refractivity contribution in [2.24, 2.45) is 5.92 Å². The molecule has 1 spiro atoms. The van der Waals surface area contributed by atoms with E-state index < -0.39 is 0 Å². The van der Waals surface area contributed by atoms with E-state index in [1.165, 1.54) is 22.6 Å². The lowest BCUT2D eigenvalue weighted by atomic mass is 9.69. The molecule has 3 aliphatic heterocycles. The highest BCUT2D eigenvalue weighted by Gasteiger charge is 2.53. The Morgan fingerprint density at radius 1 is 1.22 bits per heavy atom. The van der Waals surface area contributed by atoms with Gasteiger partial charge in [-0.25, -0.2) is 4.98 Å². The van der Waals surface area contributed by atoms with Crippen LogP contribution in [0.3, 0.4) is 0 Å². The third-order valence-corrected chi connectivity index (χ3v) is 7.68. The number of hydrogen-bond donors (Lipinski definition) is 0. The second-order valence-corrected chi connectivity index (χ2v) is 9.33. The molecule has 0 N–H and O–H groups in total. The minimum Gasteiger partial charge on any atom is -0.486 e. The van der Waals surface area contributed by atoms with Gasteiger partial charge in [0.1, 0.15) is 11.4 Å². The summed E-state index contributed by atoms with van der Waals surface area (Å²) in [5, 5.41) is 0. The maximum Gasteiger partial charge on any atom is 0.125 e. The van der Waals surface area contributed by atoms with Crippen LogP contribution in [-0.2, 0) is 11.3 Å². The number of likely N-dealkylation sites (tertiary alicyclic amines) is 1. The first kappa shape index (κ1) is 17.7. The van der Waals surface area contributed by atoms with Gasteiger partial charge in [0.25, 0.3) is 0 Å². The maximum atomic E-state index is 6.76. The average molecular weight is 385 g/mol. The van der Waals surface area contributed by atoms with Gasteiger partial charge in [-0.15, -0.1) is 11.3 Å². The molecule has 3 aliphatic rings. The fourth-order valence-corrected chi connectivity index (χ4v) is 5.97. The standard InChI is InChI=1S/C22H28N2O2S/c1-15-7-8-18-21(25-15)17-5-3-4-6-19(17)26-22(18)9-11-24(12-10-22)13-20-16(2)23-14-27-20/h3-6,14-15,18,21H,7-13H2,1-2H3/t15-,18+,21-/m0/s1. The summed E-state index contributed by atoms with van der Waals surface area (Å²) in [7, 11) is 0. The maximum absolute atomic E-state index is 6.76. The smallest absolute Gasteiger partial charge is 0.125 e. The van der Waals surface area contributed by atoms with Crippen LogP contribution in [0.2, 0.25) is 0 Å². The molecule has 0 saturated carbocycles. The Bertz CT molecular complexity index is 812. The number of ether oxygens (including phenoxy) is 2. The summed E-state index contributed by atoms with van der Waals surface area (Å²) in [5.74, 6) is 1.51. The minimum absolute atomic E-state index is 0.0710. The van der Waals surface area contributed by atoms with Crippen LogP contribution in [0, 0.1) is 12.8 Å².